The SMILES string of the molecule is CCn1ccnc1CC(=O)C=C1CCCCC1. The Morgan fingerprint density at radius 2 is 2.18 bits per heavy atom. The Balaban J connectivity index is 1.97. The van der Waals surface area contributed by atoms with E-state index in [0.717, 1.165) is 25.2 Å². The zero-order chi connectivity index (χ0) is 12.1. The lowest BCUT2D eigenvalue weighted by Crippen LogP contribution is -2.08. The molecule has 0 bridgehead atoms. The van der Waals surface area contributed by atoms with Gasteiger partial charge in [-0.25, -0.2) is 4.98 Å². The molecule has 3 heteroatoms. The second-order valence-electron chi connectivity index (χ2n) is 4.64. The lowest BCUT2D eigenvalue weighted by molar-refractivity contribution is -0.114. The van der Waals surface area contributed by atoms with Gasteiger partial charge in [0.05, 0.1) is 6.42 Å². The molecule has 92 valence electrons. The second kappa shape index (κ2) is 5.80. The van der Waals surface area contributed by atoms with Crippen LogP contribution >= 0.6 is 0 Å². The third kappa shape index (κ3) is 3.29. The van der Waals surface area contributed by atoms with Crippen LogP contribution in [0.4, 0.5) is 0 Å². The minimum absolute atomic E-state index is 0.197. The van der Waals surface area contributed by atoms with E-state index in [1.807, 2.05) is 16.8 Å². The Kier molecular flexibility index (Phi) is 4.13. The Labute approximate surface area is 103 Å². The van der Waals surface area contributed by atoms with Crippen molar-refractivity contribution in [1.82, 2.24) is 9.55 Å². The van der Waals surface area contributed by atoms with Crippen molar-refractivity contribution in [2.45, 2.75) is 52.0 Å². The van der Waals surface area contributed by atoms with E-state index in [9.17, 15) is 4.79 Å². The van der Waals surface area contributed by atoms with Crippen LogP contribution in [0.3, 0.4) is 0 Å². The third-order valence-corrected chi connectivity index (χ3v) is 3.34. The fourth-order valence-electron chi connectivity index (χ4n) is 2.38. The number of hydrogen-bond donors (Lipinski definition) is 0. The molecule has 3 nitrogen and oxygen atoms in total. The molecule has 1 aromatic rings. The molecule has 0 aliphatic heterocycles. The zero-order valence-corrected chi connectivity index (χ0v) is 10.5. The first-order chi connectivity index (χ1) is 8.29. The molecule has 0 spiro atoms. The first kappa shape index (κ1) is 12.1. The maximum absolute atomic E-state index is 11.9. The fourth-order valence-corrected chi connectivity index (χ4v) is 2.38. The van der Waals surface area contributed by atoms with Crippen molar-refractivity contribution in [1.29, 1.82) is 0 Å². The molecule has 0 aromatic carbocycles. The summed E-state index contributed by atoms with van der Waals surface area (Å²) in [6.07, 6.45) is 12.0. The number of imidazole rings is 1. The van der Waals surface area contributed by atoms with E-state index in [2.05, 4.69) is 11.9 Å². The molecule has 1 saturated carbocycles. The number of ketones is 1. The molecule has 1 aliphatic carbocycles. The third-order valence-electron chi connectivity index (χ3n) is 3.34. The summed E-state index contributed by atoms with van der Waals surface area (Å²) in [5.41, 5.74) is 1.33. The highest BCUT2D eigenvalue weighted by molar-refractivity contribution is 5.91. The Morgan fingerprint density at radius 3 is 2.88 bits per heavy atom. The van der Waals surface area contributed by atoms with Gasteiger partial charge in [0, 0.05) is 18.9 Å². The molecular formula is C14H20N2O. The number of aryl methyl sites for hydroxylation is 1. The predicted molar refractivity (Wildman–Crippen MR) is 67.8 cm³/mol. The average Bonchev–Trinajstić information content (AvgIpc) is 2.77. The van der Waals surface area contributed by atoms with Crippen molar-refractivity contribution in [3.63, 3.8) is 0 Å². The monoisotopic (exact) mass is 232 g/mol. The van der Waals surface area contributed by atoms with Gasteiger partial charge in [-0.05, 0) is 38.7 Å². The van der Waals surface area contributed by atoms with Gasteiger partial charge >= 0.3 is 0 Å². The van der Waals surface area contributed by atoms with Crippen molar-refractivity contribution in [3.05, 3.63) is 29.9 Å². The van der Waals surface area contributed by atoms with Crippen molar-refractivity contribution in [2.24, 2.45) is 0 Å². The Hall–Kier alpha value is -1.38. The molecule has 1 heterocycles. The van der Waals surface area contributed by atoms with E-state index in [1.54, 1.807) is 6.20 Å². The van der Waals surface area contributed by atoms with Gasteiger partial charge in [-0.15, -0.1) is 0 Å². The van der Waals surface area contributed by atoms with E-state index in [1.165, 1.54) is 24.8 Å². The number of hydrogen-bond acceptors (Lipinski definition) is 2. The van der Waals surface area contributed by atoms with Crippen LogP contribution in [0.5, 0.6) is 0 Å². The lowest BCUT2D eigenvalue weighted by Gasteiger charge is -2.12. The fraction of sp³-hybridized carbons (Fsp3) is 0.571. The highest BCUT2D eigenvalue weighted by Gasteiger charge is 2.10. The summed E-state index contributed by atoms with van der Waals surface area (Å²) < 4.78 is 2.03. The summed E-state index contributed by atoms with van der Waals surface area (Å²) in [6.45, 7) is 2.94. The maximum Gasteiger partial charge on any atom is 0.163 e. The van der Waals surface area contributed by atoms with Crippen LogP contribution in [-0.4, -0.2) is 15.3 Å². The normalized spacial score (nSPS) is 15.9. The largest absolute Gasteiger partial charge is 0.335 e. The van der Waals surface area contributed by atoms with Gasteiger partial charge in [-0.1, -0.05) is 12.0 Å². The van der Waals surface area contributed by atoms with Gasteiger partial charge in [0.1, 0.15) is 5.82 Å². The molecule has 1 fully saturated rings. The van der Waals surface area contributed by atoms with Crippen LogP contribution in [0.2, 0.25) is 0 Å². The number of nitrogens with zero attached hydrogens (tertiary/aromatic N) is 2. The smallest absolute Gasteiger partial charge is 0.163 e. The van der Waals surface area contributed by atoms with Crippen molar-refractivity contribution >= 4 is 5.78 Å². The van der Waals surface area contributed by atoms with Gasteiger partial charge in [0.2, 0.25) is 0 Å². The van der Waals surface area contributed by atoms with Crippen LogP contribution in [0.1, 0.15) is 44.9 Å². The number of rotatable bonds is 4. The molecule has 2 rings (SSSR count). The van der Waals surface area contributed by atoms with E-state index in [4.69, 9.17) is 0 Å². The average molecular weight is 232 g/mol. The van der Waals surface area contributed by atoms with E-state index in [0.29, 0.717) is 6.42 Å². The molecule has 0 unspecified atom stereocenters. The van der Waals surface area contributed by atoms with E-state index < -0.39 is 0 Å². The molecule has 17 heavy (non-hydrogen) atoms. The molecule has 0 atom stereocenters. The second-order valence-corrected chi connectivity index (χ2v) is 4.64. The number of carbonyl (C=O) groups excluding carboxylic acids is 1. The standard InChI is InChI=1S/C14H20N2O/c1-2-16-9-8-15-14(16)11-13(17)10-12-6-4-3-5-7-12/h8-10H,2-7,11H2,1H3. The molecule has 1 aliphatic rings. The molecule has 0 saturated heterocycles. The molecule has 0 radical (unpaired) electrons. The van der Waals surface area contributed by atoms with Crippen LogP contribution in [0, 0.1) is 0 Å². The number of aromatic nitrogens is 2. The highest BCUT2D eigenvalue weighted by atomic mass is 16.1. The topological polar surface area (TPSA) is 34.9 Å². The summed E-state index contributed by atoms with van der Waals surface area (Å²) in [4.78, 5) is 16.2. The van der Waals surface area contributed by atoms with Gasteiger partial charge in [0.15, 0.2) is 5.78 Å². The number of allylic oxidation sites excluding steroid dienone is 2. The van der Waals surface area contributed by atoms with Crippen molar-refractivity contribution in [3.8, 4) is 0 Å². The quantitative estimate of drug-likeness (QED) is 0.748. The Bertz CT molecular complexity index is 410. The molecule has 1 aromatic heterocycles. The zero-order valence-electron chi connectivity index (χ0n) is 10.5. The van der Waals surface area contributed by atoms with Gasteiger partial charge in [-0.2, -0.15) is 0 Å². The summed E-state index contributed by atoms with van der Waals surface area (Å²) >= 11 is 0. The Morgan fingerprint density at radius 1 is 1.41 bits per heavy atom. The van der Waals surface area contributed by atoms with Crippen LogP contribution in [-0.2, 0) is 17.8 Å². The molecule has 0 N–H and O–H groups in total. The predicted octanol–water partition coefficient (Wildman–Crippen LogP) is 2.91. The maximum atomic E-state index is 11.9. The van der Waals surface area contributed by atoms with Gasteiger partial charge < -0.3 is 4.57 Å². The minimum atomic E-state index is 0.197. The van der Waals surface area contributed by atoms with E-state index >= 15 is 0 Å². The van der Waals surface area contributed by atoms with Crippen LogP contribution in [0.25, 0.3) is 0 Å². The van der Waals surface area contributed by atoms with E-state index in [-0.39, 0.29) is 5.78 Å². The van der Waals surface area contributed by atoms with Crippen LogP contribution in [0.15, 0.2) is 24.0 Å². The van der Waals surface area contributed by atoms with Crippen LogP contribution < -0.4 is 0 Å². The van der Waals surface area contributed by atoms with Gasteiger partial charge in [-0.3, -0.25) is 4.79 Å². The summed E-state index contributed by atoms with van der Waals surface area (Å²) in [5.74, 6) is 1.08. The number of carbonyl (C=O) groups is 1. The molecule has 0 amide bonds. The first-order valence-electron chi connectivity index (χ1n) is 6.52. The van der Waals surface area contributed by atoms with Gasteiger partial charge in [0.25, 0.3) is 0 Å². The summed E-state index contributed by atoms with van der Waals surface area (Å²) in [6, 6.07) is 0. The van der Waals surface area contributed by atoms with Crippen molar-refractivity contribution in [2.75, 3.05) is 0 Å². The summed E-state index contributed by atoms with van der Waals surface area (Å²) in [5, 5.41) is 0. The van der Waals surface area contributed by atoms with Crippen molar-refractivity contribution < 1.29 is 4.79 Å². The summed E-state index contributed by atoms with van der Waals surface area (Å²) in [7, 11) is 0. The molecular weight excluding hydrogens is 212 g/mol. The first-order valence-corrected chi connectivity index (χ1v) is 6.52. The highest BCUT2D eigenvalue weighted by Crippen LogP contribution is 2.22. The lowest BCUT2D eigenvalue weighted by atomic mass is 9.94. The minimum Gasteiger partial charge on any atom is -0.335 e.